The van der Waals surface area contributed by atoms with E-state index in [4.69, 9.17) is 4.42 Å². The van der Waals surface area contributed by atoms with Crippen molar-refractivity contribution in [2.45, 2.75) is 49.8 Å². The molecule has 0 aliphatic rings. The Labute approximate surface area is 108 Å². The SMILES string of the molecule is CCNC(C)(C#N)CC(C)Sc1ccoc1C. The van der Waals surface area contributed by atoms with Crippen molar-refractivity contribution < 1.29 is 4.42 Å². The third-order valence-corrected chi connectivity index (χ3v) is 3.90. The summed E-state index contributed by atoms with van der Waals surface area (Å²) in [5, 5.41) is 12.8. The highest BCUT2D eigenvalue weighted by atomic mass is 32.2. The summed E-state index contributed by atoms with van der Waals surface area (Å²) >= 11 is 1.76. The zero-order valence-electron chi connectivity index (χ0n) is 10.9. The average Bonchev–Trinajstić information content (AvgIpc) is 2.64. The van der Waals surface area contributed by atoms with Crippen LogP contribution in [0.15, 0.2) is 21.6 Å². The van der Waals surface area contributed by atoms with Gasteiger partial charge in [-0.05, 0) is 32.9 Å². The number of rotatable bonds is 6. The van der Waals surface area contributed by atoms with Crippen molar-refractivity contribution in [2.75, 3.05) is 6.54 Å². The predicted molar refractivity (Wildman–Crippen MR) is 71.1 cm³/mol. The summed E-state index contributed by atoms with van der Waals surface area (Å²) in [4.78, 5) is 1.16. The molecule has 3 nitrogen and oxygen atoms in total. The fraction of sp³-hybridized carbons (Fsp3) is 0.615. The maximum absolute atomic E-state index is 9.21. The molecule has 0 aromatic carbocycles. The van der Waals surface area contributed by atoms with E-state index in [1.807, 2.05) is 26.8 Å². The van der Waals surface area contributed by atoms with Crippen LogP contribution >= 0.6 is 11.8 Å². The van der Waals surface area contributed by atoms with Crippen molar-refractivity contribution in [1.82, 2.24) is 5.32 Å². The molecule has 4 heteroatoms. The molecule has 1 N–H and O–H groups in total. The summed E-state index contributed by atoms with van der Waals surface area (Å²) in [5.74, 6) is 0.948. The molecule has 0 fully saturated rings. The molecule has 94 valence electrons. The van der Waals surface area contributed by atoms with Gasteiger partial charge >= 0.3 is 0 Å². The largest absolute Gasteiger partial charge is 0.468 e. The highest BCUT2D eigenvalue weighted by Gasteiger charge is 2.25. The predicted octanol–water partition coefficient (Wildman–Crippen LogP) is 3.35. The minimum absolute atomic E-state index is 0.370. The van der Waals surface area contributed by atoms with Crippen molar-refractivity contribution in [2.24, 2.45) is 0 Å². The molecule has 0 amide bonds. The highest BCUT2D eigenvalue weighted by Crippen LogP contribution is 2.31. The molecule has 0 radical (unpaired) electrons. The molecule has 2 unspecified atom stereocenters. The molecule has 0 aliphatic carbocycles. The number of furan rings is 1. The minimum atomic E-state index is -0.446. The van der Waals surface area contributed by atoms with Crippen LogP contribution in [-0.4, -0.2) is 17.3 Å². The second kappa shape index (κ2) is 6.13. The second-order valence-electron chi connectivity index (χ2n) is 4.45. The third-order valence-electron chi connectivity index (χ3n) is 2.65. The number of nitriles is 1. The number of thioether (sulfide) groups is 1. The maximum atomic E-state index is 9.21. The fourth-order valence-corrected chi connectivity index (χ4v) is 3.07. The molecule has 1 heterocycles. The van der Waals surface area contributed by atoms with Gasteiger partial charge in [0.2, 0.25) is 0 Å². The molecule has 17 heavy (non-hydrogen) atoms. The van der Waals surface area contributed by atoms with Gasteiger partial charge in [-0.15, -0.1) is 11.8 Å². The van der Waals surface area contributed by atoms with Crippen molar-refractivity contribution in [3.8, 4) is 6.07 Å². The van der Waals surface area contributed by atoms with Crippen molar-refractivity contribution in [3.05, 3.63) is 18.1 Å². The summed E-state index contributed by atoms with van der Waals surface area (Å²) in [6.45, 7) is 8.89. The molecule has 1 aromatic rings. The lowest BCUT2D eigenvalue weighted by Crippen LogP contribution is -2.42. The number of nitrogens with one attached hydrogen (secondary N) is 1. The van der Waals surface area contributed by atoms with Gasteiger partial charge in [-0.2, -0.15) is 5.26 Å². The number of hydrogen-bond donors (Lipinski definition) is 1. The van der Waals surface area contributed by atoms with Crippen LogP contribution in [0, 0.1) is 18.3 Å². The molecular weight excluding hydrogens is 232 g/mol. The third kappa shape index (κ3) is 4.10. The molecule has 0 saturated carbocycles. The number of hydrogen-bond acceptors (Lipinski definition) is 4. The van der Waals surface area contributed by atoms with E-state index < -0.39 is 5.54 Å². The molecule has 0 saturated heterocycles. The fourth-order valence-electron chi connectivity index (χ4n) is 1.88. The maximum Gasteiger partial charge on any atom is 0.114 e. The Morgan fingerprint density at radius 1 is 1.65 bits per heavy atom. The molecular formula is C13H20N2OS. The van der Waals surface area contributed by atoms with Crippen LogP contribution in [0.4, 0.5) is 0 Å². The van der Waals surface area contributed by atoms with E-state index in [1.165, 1.54) is 0 Å². The Kier molecular flexibility index (Phi) is 5.10. The summed E-state index contributed by atoms with van der Waals surface area (Å²) in [6, 6.07) is 4.34. The monoisotopic (exact) mass is 252 g/mol. The van der Waals surface area contributed by atoms with Gasteiger partial charge in [-0.1, -0.05) is 13.8 Å². The van der Waals surface area contributed by atoms with E-state index >= 15 is 0 Å². The van der Waals surface area contributed by atoms with E-state index in [2.05, 4.69) is 18.3 Å². The molecule has 1 rings (SSSR count). The molecule has 0 spiro atoms. The quantitative estimate of drug-likeness (QED) is 0.789. The van der Waals surface area contributed by atoms with E-state index in [0.29, 0.717) is 5.25 Å². The lowest BCUT2D eigenvalue weighted by atomic mass is 9.98. The molecule has 2 atom stereocenters. The second-order valence-corrected chi connectivity index (χ2v) is 5.93. The number of aryl methyl sites for hydroxylation is 1. The standard InChI is InChI=1S/C13H20N2OS/c1-5-15-13(4,9-14)8-10(2)17-12-6-7-16-11(12)3/h6-7,10,15H,5,8H2,1-4H3. The number of nitrogens with zero attached hydrogens (tertiary/aromatic N) is 1. The van der Waals surface area contributed by atoms with Crippen LogP contribution in [0.3, 0.4) is 0 Å². The Hall–Kier alpha value is -0.920. The van der Waals surface area contributed by atoms with Crippen LogP contribution in [0.1, 0.15) is 33.0 Å². The highest BCUT2D eigenvalue weighted by molar-refractivity contribution is 8.00. The van der Waals surface area contributed by atoms with Gasteiger partial charge in [0, 0.05) is 10.1 Å². The van der Waals surface area contributed by atoms with Crippen molar-refractivity contribution in [3.63, 3.8) is 0 Å². The van der Waals surface area contributed by atoms with Gasteiger partial charge in [0.25, 0.3) is 0 Å². The van der Waals surface area contributed by atoms with Gasteiger partial charge in [0.1, 0.15) is 11.3 Å². The van der Waals surface area contributed by atoms with Gasteiger partial charge in [-0.25, -0.2) is 0 Å². The van der Waals surface area contributed by atoms with Crippen LogP contribution in [0.2, 0.25) is 0 Å². The normalized spacial score (nSPS) is 16.2. The van der Waals surface area contributed by atoms with Crippen LogP contribution < -0.4 is 5.32 Å². The van der Waals surface area contributed by atoms with Gasteiger partial charge < -0.3 is 4.42 Å². The zero-order chi connectivity index (χ0) is 12.9. The first kappa shape index (κ1) is 14.1. The Morgan fingerprint density at radius 2 is 2.35 bits per heavy atom. The summed E-state index contributed by atoms with van der Waals surface area (Å²) in [7, 11) is 0. The van der Waals surface area contributed by atoms with Crippen molar-refractivity contribution >= 4 is 11.8 Å². The molecule has 0 aliphatic heterocycles. The Balaban J connectivity index is 2.57. The van der Waals surface area contributed by atoms with Gasteiger partial charge in [0.05, 0.1) is 12.3 Å². The lowest BCUT2D eigenvalue weighted by Gasteiger charge is -2.25. The first-order valence-electron chi connectivity index (χ1n) is 5.88. The van der Waals surface area contributed by atoms with E-state index in [9.17, 15) is 5.26 Å². The average molecular weight is 252 g/mol. The molecule has 1 aromatic heterocycles. The van der Waals surface area contributed by atoms with Gasteiger partial charge in [0.15, 0.2) is 0 Å². The smallest absolute Gasteiger partial charge is 0.114 e. The van der Waals surface area contributed by atoms with E-state index in [1.54, 1.807) is 18.0 Å². The first-order valence-corrected chi connectivity index (χ1v) is 6.75. The minimum Gasteiger partial charge on any atom is -0.468 e. The zero-order valence-corrected chi connectivity index (χ0v) is 11.7. The lowest BCUT2D eigenvalue weighted by molar-refractivity contribution is 0.429. The van der Waals surface area contributed by atoms with Gasteiger partial charge in [-0.3, -0.25) is 5.32 Å². The van der Waals surface area contributed by atoms with E-state index in [0.717, 1.165) is 23.6 Å². The van der Waals surface area contributed by atoms with Crippen LogP contribution in [-0.2, 0) is 0 Å². The molecule has 0 bridgehead atoms. The summed E-state index contributed by atoms with van der Waals surface area (Å²) in [5.41, 5.74) is -0.446. The van der Waals surface area contributed by atoms with E-state index in [-0.39, 0.29) is 0 Å². The summed E-state index contributed by atoms with van der Waals surface area (Å²) < 4.78 is 5.27. The first-order chi connectivity index (χ1) is 8.00. The Morgan fingerprint density at radius 3 is 2.82 bits per heavy atom. The Bertz CT molecular complexity index is 396. The topological polar surface area (TPSA) is 49.0 Å². The summed E-state index contributed by atoms with van der Waals surface area (Å²) in [6.07, 6.45) is 2.52. The van der Waals surface area contributed by atoms with Crippen molar-refractivity contribution in [1.29, 1.82) is 5.26 Å². The van der Waals surface area contributed by atoms with Crippen LogP contribution in [0.25, 0.3) is 0 Å². The van der Waals surface area contributed by atoms with Crippen LogP contribution in [0.5, 0.6) is 0 Å².